The van der Waals surface area contributed by atoms with Gasteiger partial charge in [-0.05, 0) is 25.0 Å². The van der Waals surface area contributed by atoms with Gasteiger partial charge in [0.15, 0.2) is 0 Å². The Balaban J connectivity index is 1.62. The number of rotatable bonds is 10. The molecule has 188 valence electrons. The summed E-state index contributed by atoms with van der Waals surface area (Å²) >= 11 is 1.04. The Morgan fingerprint density at radius 3 is 2.53 bits per heavy atom. The van der Waals surface area contributed by atoms with Crippen LogP contribution in [0.2, 0.25) is 0 Å². The molecule has 0 fully saturated rings. The van der Waals surface area contributed by atoms with Crippen LogP contribution in [0.25, 0.3) is 0 Å². The van der Waals surface area contributed by atoms with Crippen molar-refractivity contribution in [2.24, 2.45) is 5.92 Å². The molecule has 1 aromatic heterocycles. The van der Waals surface area contributed by atoms with Crippen molar-refractivity contribution < 1.29 is 19.4 Å². The summed E-state index contributed by atoms with van der Waals surface area (Å²) in [5, 5.41) is 34.6. The Morgan fingerprint density at radius 2 is 1.86 bits per heavy atom. The van der Waals surface area contributed by atoms with E-state index >= 15 is 0 Å². The number of amides is 2. The molecule has 3 rings (SSSR count). The van der Waals surface area contributed by atoms with Gasteiger partial charge in [0.25, 0.3) is 17.3 Å². The number of nitrogens with zero attached hydrogens (tertiary/aromatic N) is 4. The van der Waals surface area contributed by atoms with Crippen LogP contribution in [0.3, 0.4) is 0 Å². The number of H-pyrrole nitrogens is 1. The van der Waals surface area contributed by atoms with Crippen molar-refractivity contribution >= 4 is 40.6 Å². The van der Waals surface area contributed by atoms with E-state index in [9.17, 15) is 29.8 Å². The summed E-state index contributed by atoms with van der Waals surface area (Å²) in [5.74, 6) is -0.691. The highest BCUT2D eigenvalue weighted by Crippen LogP contribution is 2.24. The van der Waals surface area contributed by atoms with Crippen molar-refractivity contribution in [3.63, 3.8) is 0 Å². The summed E-state index contributed by atoms with van der Waals surface area (Å²) in [5.41, 5.74) is 0.638. The van der Waals surface area contributed by atoms with Crippen LogP contribution in [0.1, 0.15) is 41.6 Å². The van der Waals surface area contributed by atoms with Gasteiger partial charge in [-0.2, -0.15) is 0 Å². The Bertz CT molecular complexity index is 1310. The molecule has 3 aromatic rings. The number of aryl methyl sites for hydroxylation is 1. The SMILES string of the molecule is Cc1ccc(NC(=O)CSc2n[nH]c([C@H](NC(=O)c3cccc([N+](=O)[O-])c3)C(C)C)n2)cc1[N+](=O)[O-]. The van der Waals surface area contributed by atoms with Crippen molar-refractivity contribution in [3.8, 4) is 0 Å². The van der Waals surface area contributed by atoms with Gasteiger partial charge in [-0.25, -0.2) is 4.98 Å². The van der Waals surface area contributed by atoms with E-state index in [2.05, 4.69) is 25.8 Å². The molecule has 0 unspecified atom stereocenters. The summed E-state index contributed by atoms with van der Waals surface area (Å²) in [4.78, 5) is 50.3. The van der Waals surface area contributed by atoms with E-state index in [4.69, 9.17) is 0 Å². The fraction of sp³-hybridized carbons (Fsp3) is 0.273. The van der Waals surface area contributed by atoms with Crippen molar-refractivity contribution in [1.82, 2.24) is 20.5 Å². The first-order valence-electron chi connectivity index (χ1n) is 10.7. The van der Waals surface area contributed by atoms with Crippen LogP contribution in [-0.4, -0.2) is 42.6 Å². The molecule has 2 amide bonds. The van der Waals surface area contributed by atoms with Gasteiger partial charge < -0.3 is 10.6 Å². The Kier molecular flexibility index (Phi) is 8.32. The van der Waals surface area contributed by atoms with Crippen LogP contribution in [0.15, 0.2) is 47.6 Å². The second-order valence-electron chi connectivity index (χ2n) is 8.10. The van der Waals surface area contributed by atoms with Crippen LogP contribution >= 0.6 is 11.8 Å². The minimum Gasteiger partial charge on any atom is -0.342 e. The predicted octanol–water partition coefficient (Wildman–Crippen LogP) is 3.79. The molecule has 0 spiro atoms. The van der Waals surface area contributed by atoms with E-state index in [1.165, 1.54) is 30.3 Å². The number of nitro groups is 2. The third-order valence-corrected chi connectivity index (χ3v) is 5.92. The second-order valence-corrected chi connectivity index (χ2v) is 9.04. The average Bonchev–Trinajstić information content (AvgIpc) is 3.30. The Morgan fingerprint density at radius 1 is 1.11 bits per heavy atom. The molecule has 0 aliphatic heterocycles. The summed E-state index contributed by atoms with van der Waals surface area (Å²) in [6.45, 7) is 5.33. The molecule has 2 aromatic carbocycles. The topological polar surface area (TPSA) is 186 Å². The third-order valence-electron chi connectivity index (χ3n) is 5.07. The molecule has 0 saturated carbocycles. The molecule has 3 N–H and O–H groups in total. The molecule has 0 aliphatic carbocycles. The third kappa shape index (κ3) is 6.63. The van der Waals surface area contributed by atoms with Crippen molar-refractivity contribution in [1.29, 1.82) is 0 Å². The summed E-state index contributed by atoms with van der Waals surface area (Å²) in [6.07, 6.45) is 0. The monoisotopic (exact) mass is 513 g/mol. The molecular weight excluding hydrogens is 490 g/mol. The zero-order valence-electron chi connectivity index (χ0n) is 19.5. The molecule has 14 heteroatoms. The standard InChI is InChI=1S/C22H23N7O6S/c1-12(2)19(24-21(31)14-5-4-6-16(9-14)28(32)33)20-25-22(27-26-20)36-11-18(30)23-15-8-7-13(3)17(10-15)29(34)35/h4-10,12,19H,11H2,1-3H3,(H,23,30)(H,24,31)(H,25,26,27)/t19-/m1/s1. The molecule has 0 bridgehead atoms. The number of non-ortho nitro benzene ring substituents is 1. The molecule has 36 heavy (non-hydrogen) atoms. The Hall–Kier alpha value is -4.33. The van der Waals surface area contributed by atoms with E-state index in [1.807, 2.05) is 13.8 Å². The van der Waals surface area contributed by atoms with E-state index in [-0.39, 0.29) is 33.8 Å². The van der Waals surface area contributed by atoms with Crippen LogP contribution in [0.4, 0.5) is 17.1 Å². The number of aromatic nitrogens is 3. The maximum Gasteiger partial charge on any atom is 0.274 e. The molecule has 0 saturated heterocycles. The largest absolute Gasteiger partial charge is 0.342 e. The number of anilines is 1. The Labute approximate surface area is 209 Å². The first-order chi connectivity index (χ1) is 17.0. The highest BCUT2D eigenvalue weighted by atomic mass is 32.2. The van der Waals surface area contributed by atoms with Crippen LogP contribution in [0.5, 0.6) is 0 Å². The second kappa shape index (κ2) is 11.4. The number of thioether (sulfide) groups is 1. The number of benzene rings is 2. The minimum atomic E-state index is -0.577. The lowest BCUT2D eigenvalue weighted by Gasteiger charge is -2.19. The number of hydrogen-bond acceptors (Lipinski definition) is 9. The summed E-state index contributed by atoms with van der Waals surface area (Å²) < 4.78 is 0. The van der Waals surface area contributed by atoms with Gasteiger partial charge in [-0.3, -0.25) is 34.9 Å². The van der Waals surface area contributed by atoms with E-state index < -0.39 is 27.7 Å². The first-order valence-corrected chi connectivity index (χ1v) is 11.7. The van der Waals surface area contributed by atoms with Gasteiger partial charge in [0.1, 0.15) is 5.82 Å². The molecule has 1 heterocycles. The summed E-state index contributed by atoms with van der Waals surface area (Å²) in [6, 6.07) is 9.25. The number of aromatic amines is 1. The average molecular weight is 514 g/mol. The fourth-order valence-electron chi connectivity index (χ4n) is 3.21. The zero-order valence-corrected chi connectivity index (χ0v) is 20.4. The molecule has 13 nitrogen and oxygen atoms in total. The predicted molar refractivity (Wildman–Crippen MR) is 132 cm³/mol. The van der Waals surface area contributed by atoms with Crippen molar-refractivity contribution in [2.45, 2.75) is 32.0 Å². The molecule has 0 aliphatic rings. The highest BCUT2D eigenvalue weighted by molar-refractivity contribution is 7.99. The quantitative estimate of drug-likeness (QED) is 0.206. The number of nitrogens with one attached hydrogen (secondary N) is 3. The number of carbonyl (C=O) groups excluding carboxylic acids is 2. The number of nitro benzene ring substituents is 2. The lowest BCUT2D eigenvalue weighted by molar-refractivity contribution is -0.385. The normalized spacial score (nSPS) is 11.7. The number of carbonyl (C=O) groups is 2. The lowest BCUT2D eigenvalue weighted by atomic mass is 10.0. The van der Waals surface area contributed by atoms with Crippen molar-refractivity contribution in [2.75, 3.05) is 11.1 Å². The molecular formula is C22H23N7O6S. The summed E-state index contributed by atoms with van der Waals surface area (Å²) in [7, 11) is 0. The van der Waals surface area contributed by atoms with Gasteiger partial charge in [0.05, 0.1) is 21.6 Å². The van der Waals surface area contributed by atoms with Gasteiger partial charge in [-0.15, -0.1) is 5.10 Å². The van der Waals surface area contributed by atoms with E-state index in [1.54, 1.807) is 19.1 Å². The maximum atomic E-state index is 12.7. The molecule has 1 atom stereocenters. The fourth-order valence-corrected chi connectivity index (χ4v) is 3.81. The highest BCUT2D eigenvalue weighted by Gasteiger charge is 2.24. The first kappa shape index (κ1) is 26.3. The van der Waals surface area contributed by atoms with Crippen LogP contribution in [-0.2, 0) is 4.79 Å². The maximum absolute atomic E-state index is 12.7. The van der Waals surface area contributed by atoms with Crippen LogP contribution in [0, 0.1) is 33.1 Å². The van der Waals surface area contributed by atoms with Crippen LogP contribution < -0.4 is 10.6 Å². The lowest BCUT2D eigenvalue weighted by Crippen LogP contribution is -2.32. The van der Waals surface area contributed by atoms with Gasteiger partial charge in [0, 0.05) is 35.0 Å². The smallest absolute Gasteiger partial charge is 0.274 e. The number of hydrogen-bond donors (Lipinski definition) is 3. The zero-order chi connectivity index (χ0) is 26.4. The minimum absolute atomic E-state index is 0.0502. The molecule has 0 radical (unpaired) electrons. The van der Waals surface area contributed by atoms with Crippen molar-refractivity contribution in [3.05, 3.63) is 79.6 Å². The van der Waals surface area contributed by atoms with Gasteiger partial charge in [-0.1, -0.05) is 37.7 Å². The van der Waals surface area contributed by atoms with E-state index in [0.29, 0.717) is 17.1 Å². The van der Waals surface area contributed by atoms with E-state index in [0.717, 1.165) is 11.8 Å². The van der Waals surface area contributed by atoms with Gasteiger partial charge in [0.2, 0.25) is 11.1 Å². The van der Waals surface area contributed by atoms with Gasteiger partial charge >= 0.3 is 0 Å².